The molecule has 0 radical (unpaired) electrons. The Balaban J connectivity index is 4.33. The molecular weight excluding hydrogens is 661 g/mol. The third-order valence-electron chi connectivity index (χ3n) is 10.9. The van der Waals surface area contributed by atoms with E-state index in [-0.39, 0.29) is 31.1 Å². The second-order valence-corrected chi connectivity index (χ2v) is 16.3. The molecule has 0 heterocycles. The molecule has 6 heteroatoms. The Morgan fingerprint density at radius 1 is 0.377 bits per heavy atom. The predicted octanol–water partition coefficient (Wildman–Crippen LogP) is 14.7. The quantitative estimate of drug-likeness (QED) is 0.0351. The first-order valence-corrected chi connectivity index (χ1v) is 23.4. The highest BCUT2D eigenvalue weighted by Crippen LogP contribution is 2.17. The molecule has 0 fully saturated rings. The summed E-state index contributed by atoms with van der Waals surface area (Å²) in [5.41, 5.74) is 0. The van der Waals surface area contributed by atoms with Crippen LogP contribution in [0.5, 0.6) is 0 Å². The van der Waals surface area contributed by atoms with Crippen LogP contribution >= 0.6 is 0 Å². The Hall–Kier alpha value is -1.59. The van der Waals surface area contributed by atoms with Gasteiger partial charge in [-0.1, -0.05) is 220 Å². The molecular formula is C47H90O6. The van der Waals surface area contributed by atoms with Crippen LogP contribution in [0, 0.1) is 5.92 Å². The van der Waals surface area contributed by atoms with Crippen molar-refractivity contribution in [2.45, 2.75) is 265 Å². The van der Waals surface area contributed by atoms with Gasteiger partial charge in [0.15, 0.2) is 6.10 Å². The van der Waals surface area contributed by atoms with Crippen molar-refractivity contribution < 1.29 is 28.6 Å². The van der Waals surface area contributed by atoms with Crippen molar-refractivity contribution in [2.24, 2.45) is 5.92 Å². The first kappa shape index (κ1) is 51.4. The Kier molecular flexibility index (Phi) is 40.3. The topological polar surface area (TPSA) is 78.9 Å². The number of unbranched alkanes of at least 4 members (excludes halogenated alkanes) is 28. The molecule has 0 aromatic rings. The van der Waals surface area contributed by atoms with Gasteiger partial charge in [0.1, 0.15) is 13.2 Å². The van der Waals surface area contributed by atoms with Gasteiger partial charge in [-0.15, -0.1) is 0 Å². The summed E-state index contributed by atoms with van der Waals surface area (Å²) in [6.45, 7) is 8.97. The molecule has 0 amide bonds. The van der Waals surface area contributed by atoms with Crippen LogP contribution in [0.1, 0.15) is 259 Å². The summed E-state index contributed by atoms with van der Waals surface area (Å²) in [5.74, 6) is -0.0403. The van der Waals surface area contributed by atoms with E-state index in [0.717, 1.165) is 63.7 Å². The molecule has 0 bridgehead atoms. The van der Waals surface area contributed by atoms with Crippen LogP contribution in [-0.2, 0) is 28.6 Å². The van der Waals surface area contributed by atoms with Crippen LogP contribution in [0.2, 0.25) is 0 Å². The summed E-state index contributed by atoms with van der Waals surface area (Å²) >= 11 is 0. The van der Waals surface area contributed by atoms with E-state index in [1.165, 1.54) is 154 Å². The Labute approximate surface area is 329 Å². The lowest BCUT2D eigenvalue weighted by Crippen LogP contribution is -2.30. The molecule has 0 aliphatic rings. The average molecular weight is 751 g/mol. The lowest BCUT2D eigenvalue weighted by molar-refractivity contribution is -0.167. The molecule has 0 aromatic carbocycles. The van der Waals surface area contributed by atoms with Crippen molar-refractivity contribution in [3.05, 3.63) is 0 Å². The number of carbonyl (C=O) groups excluding carboxylic acids is 3. The van der Waals surface area contributed by atoms with Crippen molar-refractivity contribution in [1.29, 1.82) is 0 Å². The van der Waals surface area contributed by atoms with Crippen molar-refractivity contribution in [3.63, 3.8) is 0 Å². The number of esters is 3. The van der Waals surface area contributed by atoms with Crippen LogP contribution in [0.4, 0.5) is 0 Å². The normalized spacial score (nSPS) is 12.5. The van der Waals surface area contributed by atoms with Gasteiger partial charge in [-0.3, -0.25) is 14.4 Å². The predicted molar refractivity (Wildman–Crippen MR) is 224 cm³/mol. The van der Waals surface area contributed by atoms with E-state index < -0.39 is 6.10 Å². The second-order valence-electron chi connectivity index (χ2n) is 16.3. The standard InChI is InChI=1S/C47H90O6/c1-5-8-10-12-14-16-18-20-22-24-26-32-36-40-47(50)53-44(42-52-46(49)39-35-31-28-27-29-33-37-43(4)7-3)41-51-45(48)38-34-30-25-23-21-19-17-15-13-11-9-6-2/h43-44H,5-42H2,1-4H3/t43?,44-/m0/s1. The zero-order valence-corrected chi connectivity index (χ0v) is 36.0. The Morgan fingerprint density at radius 2 is 0.660 bits per heavy atom. The summed E-state index contributed by atoms with van der Waals surface area (Å²) in [5, 5.41) is 0. The average Bonchev–Trinajstić information content (AvgIpc) is 3.15. The molecule has 0 aliphatic carbocycles. The van der Waals surface area contributed by atoms with Crippen LogP contribution in [0.3, 0.4) is 0 Å². The minimum absolute atomic E-state index is 0.0641. The molecule has 0 saturated heterocycles. The summed E-state index contributed by atoms with van der Waals surface area (Å²) in [6.07, 6.45) is 40.8. The van der Waals surface area contributed by atoms with E-state index >= 15 is 0 Å². The highest BCUT2D eigenvalue weighted by Gasteiger charge is 2.19. The Morgan fingerprint density at radius 3 is 0.981 bits per heavy atom. The van der Waals surface area contributed by atoms with E-state index in [4.69, 9.17) is 14.2 Å². The summed E-state index contributed by atoms with van der Waals surface area (Å²) in [7, 11) is 0. The van der Waals surface area contributed by atoms with Crippen LogP contribution in [-0.4, -0.2) is 37.2 Å². The molecule has 0 N–H and O–H groups in total. The smallest absolute Gasteiger partial charge is 0.306 e. The maximum absolute atomic E-state index is 12.7. The summed E-state index contributed by atoms with van der Waals surface area (Å²) in [6, 6.07) is 0. The highest BCUT2D eigenvalue weighted by atomic mass is 16.6. The van der Waals surface area contributed by atoms with Crippen molar-refractivity contribution in [2.75, 3.05) is 13.2 Å². The maximum atomic E-state index is 12.7. The number of rotatable bonds is 42. The molecule has 314 valence electrons. The lowest BCUT2D eigenvalue weighted by atomic mass is 10.00. The Bertz CT molecular complexity index is 798. The van der Waals surface area contributed by atoms with Crippen molar-refractivity contribution >= 4 is 17.9 Å². The highest BCUT2D eigenvalue weighted by molar-refractivity contribution is 5.71. The first-order valence-electron chi connectivity index (χ1n) is 23.4. The molecule has 0 saturated carbocycles. The van der Waals surface area contributed by atoms with Crippen LogP contribution < -0.4 is 0 Å². The molecule has 6 nitrogen and oxygen atoms in total. The van der Waals surface area contributed by atoms with Gasteiger partial charge >= 0.3 is 17.9 Å². The van der Waals surface area contributed by atoms with Crippen LogP contribution in [0.15, 0.2) is 0 Å². The van der Waals surface area contributed by atoms with E-state index in [2.05, 4.69) is 27.7 Å². The molecule has 0 aliphatic heterocycles. The third-order valence-corrected chi connectivity index (χ3v) is 10.9. The summed E-state index contributed by atoms with van der Waals surface area (Å²) in [4.78, 5) is 37.7. The van der Waals surface area contributed by atoms with E-state index in [9.17, 15) is 14.4 Å². The SMILES string of the molecule is CCCCCCCCCCCCCCCC(=O)O[C@@H](COC(=O)CCCCCCCCCCCCCC)COC(=O)CCCCCCCCC(C)CC. The van der Waals surface area contributed by atoms with Gasteiger partial charge in [-0.05, 0) is 25.2 Å². The van der Waals surface area contributed by atoms with Gasteiger partial charge in [0.05, 0.1) is 0 Å². The monoisotopic (exact) mass is 751 g/mol. The zero-order valence-electron chi connectivity index (χ0n) is 36.0. The molecule has 0 rings (SSSR count). The lowest BCUT2D eigenvalue weighted by Gasteiger charge is -2.18. The van der Waals surface area contributed by atoms with E-state index in [0.29, 0.717) is 19.3 Å². The fourth-order valence-corrected chi connectivity index (χ4v) is 6.95. The second kappa shape index (κ2) is 41.6. The fraction of sp³-hybridized carbons (Fsp3) is 0.936. The number of hydrogen-bond donors (Lipinski definition) is 0. The van der Waals surface area contributed by atoms with Gasteiger partial charge in [0.2, 0.25) is 0 Å². The first-order chi connectivity index (χ1) is 25.9. The van der Waals surface area contributed by atoms with Gasteiger partial charge < -0.3 is 14.2 Å². The number of hydrogen-bond acceptors (Lipinski definition) is 6. The molecule has 2 atom stereocenters. The fourth-order valence-electron chi connectivity index (χ4n) is 6.95. The van der Waals surface area contributed by atoms with Crippen LogP contribution in [0.25, 0.3) is 0 Å². The van der Waals surface area contributed by atoms with Gasteiger partial charge in [-0.2, -0.15) is 0 Å². The molecule has 1 unspecified atom stereocenters. The number of carbonyl (C=O) groups is 3. The zero-order chi connectivity index (χ0) is 38.9. The van der Waals surface area contributed by atoms with Gasteiger partial charge in [-0.25, -0.2) is 0 Å². The minimum Gasteiger partial charge on any atom is -0.462 e. The maximum Gasteiger partial charge on any atom is 0.306 e. The van der Waals surface area contributed by atoms with E-state index in [1.807, 2.05) is 0 Å². The molecule has 0 aromatic heterocycles. The summed E-state index contributed by atoms with van der Waals surface area (Å²) < 4.78 is 16.7. The molecule has 53 heavy (non-hydrogen) atoms. The van der Waals surface area contributed by atoms with Crippen molar-refractivity contribution in [3.8, 4) is 0 Å². The van der Waals surface area contributed by atoms with Gasteiger partial charge in [0.25, 0.3) is 0 Å². The largest absolute Gasteiger partial charge is 0.462 e. The minimum atomic E-state index is -0.759. The van der Waals surface area contributed by atoms with Gasteiger partial charge in [0, 0.05) is 19.3 Å². The van der Waals surface area contributed by atoms with E-state index in [1.54, 1.807) is 0 Å². The molecule has 0 spiro atoms. The number of ether oxygens (including phenoxy) is 3. The third kappa shape index (κ3) is 39.9. The van der Waals surface area contributed by atoms with Crippen molar-refractivity contribution in [1.82, 2.24) is 0 Å².